The van der Waals surface area contributed by atoms with Gasteiger partial charge in [0, 0.05) is 66.8 Å². The van der Waals surface area contributed by atoms with Gasteiger partial charge in [-0.15, -0.1) is 0 Å². The monoisotopic (exact) mass is 1450 g/mol. The Kier molecular flexibility index (Phi) is 21.7. The van der Waals surface area contributed by atoms with Crippen molar-refractivity contribution in [3.8, 4) is 171 Å². The van der Waals surface area contributed by atoms with Crippen LogP contribution in [0.3, 0.4) is 0 Å². The van der Waals surface area contributed by atoms with Crippen LogP contribution in [-0.4, -0.2) is 0 Å². The average molecular weight is 1450 g/mol. The van der Waals surface area contributed by atoms with Gasteiger partial charge in [-0.05, 0) is 305 Å². The molecule has 0 heterocycles. The molecular formula is C114H78. The lowest BCUT2D eigenvalue weighted by atomic mass is 9.92. The number of aryl methyl sites for hydroxylation is 6. The standard InChI is InChI=1S/C114H78/c1-79-67-80(2)71-109(70-79)103-55-31-91(32-56-103)13-7-85-19-43-97(44-20-85)100-49-25-88(26-50-100)10-16-94-37-61-106(62-38-94)112-76-113(107-63-39-95(40-64-107)17-11-89-27-51-101(52-28-89)98-45-21-86(22-46-98)8-14-92-33-57-104(58-34-92)110-72-81(3)68-82(4)73-110)78-114(77-112)108-65-41-96(42-66-108)18-12-90-29-53-102(54-30-90)99-47-23-87(24-48-99)9-15-93-35-59-105(60-36-93)111-74-83(5)69-84(6)75-111/h19-78H,1-6H3. The van der Waals surface area contributed by atoms with Gasteiger partial charge in [0.25, 0.3) is 0 Å². The van der Waals surface area contributed by atoms with Gasteiger partial charge in [0.1, 0.15) is 0 Å². The van der Waals surface area contributed by atoms with E-state index in [0.29, 0.717) is 0 Å². The van der Waals surface area contributed by atoms with Crippen LogP contribution in [-0.2, 0) is 0 Å². The molecule has 0 nitrogen and oxygen atoms in total. The van der Waals surface area contributed by atoms with Crippen molar-refractivity contribution in [1.82, 2.24) is 0 Å². The molecule has 0 aliphatic carbocycles. The molecule has 0 saturated carbocycles. The quantitative estimate of drug-likeness (QED) is 0.126. The summed E-state index contributed by atoms with van der Waals surface area (Å²) in [6.07, 6.45) is 0. The molecule has 0 spiro atoms. The molecule has 16 aromatic rings. The summed E-state index contributed by atoms with van der Waals surface area (Å²) in [6.45, 7) is 12.8. The first-order valence-electron chi connectivity index (χ1n) is 38.5. The smallest absolute Gasteiger partial charge is 0.0249 e. The Morgan fingerprint density at radius 3 is 0.289 bits per heavy atom. The van der Waals surface area contributed by atoms with Crippen molar-refractivity contribution in [3.05, 3.63) is 464 Å². The molecule has 534 valence electrons. The van der Waals surface area contributed by atoms with E-state index in [9.17, 15) is 0 Å². The lowest BCUT2D eigenvalue weighted by Gasteiger charge is -2.12. The van der Waals surface area contributed by atoms with Crippen LogP contribution in [0, 0.1) is 113 Å². The summed E-state index contributed by atoms with van der Waals surface area (Å²) in [5.41, 5.74) is 39.8. The van der Waals surface area contributed by atoms with Crippen LogP contribution in [0.2, 0.25) is 0 Å². The summed E-state index contributed by atoms with van der Waals surface area (Å²) >= 11 is 0. The van der Waals surface area contributed by atoms with E-state index in [2.05, 4.69) is 477 Å². The summed E-state index contributed by atoms with van der Waals surface area (Å²) in [6, 6.07) is 129. The van der Waals surface area contributed by atoms with Crippen molar-refractivity contribution in [1.29, 1.82) is 0 Å². The van der Waals surface area contributed by atoms with Gasteiger partial charge in [-0.1, -0.05) is 305 Å². The largest absolute Gasteiger partial charge is 0.0617 e. The first kappa shape index (κ1) is 73.0. The zero-order chi connectivity index (χ0) is 77.7. The average Bonchev–Trinajstić information content (AvgIpc) is 0.795. The van der Waals surface area contributed by atoms with Crippen molar-refractivity contribution in [3.63, 3.8) is 0 Å². The van der Waals surface area contributed by atoms with Gasteiger partial charge < -0.3 is 0 Å². The van der Waals surface area contributed by atoms with Crippen molar-refractivity contribution in [2.24, 2.45) is 0 Å². The van der Waals surface area contributed by atoms with Gasteiger partial charge in [-0.3, -0.25) is 0 Å². The molecule has 0 aromatic heterocycles. The van der Waals surface area contributed by atoms with Gasteiger partial charge in [0.05, 0.1) is 0 Å². The molecule has 0 aliphatic rings. The number of rotatable bonds is 9. The van der Waals surface area contributed by atoms with Gasteiger partial charge in [0.15, 0.2) is 0 Å². The summed E-state index contributed by atoms with van der Waals surface area (Å²) in [5, 5.41) is 0. The predicted molar refractivity (Wildman–Crippen MR) is 478 cm³/mol. The lowest BCUT2D eigenvalue weighted by molar-refractivity contribution is 1.38. The Morgan fingerprint density at radius 2 is 0.184 bits per heavy atom. The van der Waals surface area contributed by atoms with E-state index >= 15 is 0 Å². The third-order valence-corrected chi connectivity index (χ3v) is 20.3. The second kappa shape index (κ2) is 33.8. The molecule has 0 fully saturated rings. The second-order valence-corrected chi connectivity index (χ2v) is 29.4. The predicted octanol–water partition coefficient (Wildman–Crippen LogP) is 26.9. The van der Waals surface area contributed by atoms with E-state index in [1.165, 1.54) is 66.8 Å². The molecule has 0 amide bonds. The van der Waals surface area contributed by atoms with Crippen molar-refractivity contribution >= 4 is 0 Å². The molecule has 0 bridgehead atoms. The Bertz CT molecular complexity index is 5910. The number of hydrogen-bond donors (Lipinski definition) is 0. The SMILES string of the molecule is Cc1cc(C)cc(-c2ccc(C#Cc3ccc(-c4ccc(C#Cc5ccc(-c6cc(-c7ccc(C#Cc8ccc(-c9ccc(C#Cc%10ccc(-c%11cc(C)cc(C)c%11)cc%10)cc9)cc8)cc7)cc(-c7ccc(C#Cc8ccc(-c9ccc(C#Cc%10ccc(-c%11cc(C)cc(C)c%11)cc%10)cc9)cc8)cc7)c6)cc5)cc4)cc3)cc2)c1. The third-order valence-electron chi connectivity index (χ3n) is 20.3. The highest BCUT2D eigenvalue weighted by Gasteiger charge is 2.12. The van der Waals surface area contributed by atoms with E-state index in [0.717, 1.165) is 134 Å². The van der Waals surface area contributed by atoms with Crippen LogP contribution < -0.4 is 0 Å². The van der Waals surface area contributed by atoms with Crippen molar-refractivity contribution < 1.29 is 0 Å². The lowest BCUT2D eigenvalue weighted by Crippen LogP contribution is -1.87. The van der Waals surface area contributed by atoms with E-state index in [-0.39, 0.29) is 0 Å². The molecule has 0 unspecified atom stereocenters. The van der Waals surface area contributed by atoms with Crippen LogP contribution in [0.5, 0.6) is 0 Å². The summed E-state index contributed by atoms with van der Waals surface area (Å²) in [7, 11) is 0. The van der Waals surface area contributed by atoms with Gasteiger partial charge in [-0.25, -0.2) is 0 Å². The van der Waals surface area contributed by atoms with E-state index in [4.69, 9.17) is 0 Å². The maximum absolute atomic E-state index is 3.43. The van der Waals surface area contributed by atoms with E-state index in [1.54, 1.807) is 0 Å². The highest BCUT2D eigenvalue weighted by atomic mass is 14.2. The maximum atomic E-state index is 3.43. The summed E-state index contributed by atoms with van der Waals surface area (Å²) < 4.78 is 0. The molecule has 0 aliphatic heterocycles. The maximum Gasteiger partial charge on any atom is 0.0249 e. The van der Waals surface area contributed by atoms with Crippen LogP contribution >= 0.6 is 0 Å². The zero-order valence-electron chi connectivity index (χ0n) is 64.6. The fourth-order valence-corrected chi connectivity index (χ4v) is 14.4. The molecule has 0 atom stereocenters. The Labute approximate surface area is 672 Å². The highest BCUT2D eigenvalue weighted by Crippen LogP contribution is 2.35. The van der Waals surface area contributed by atoms with Crippen LogP contribution in [0.15, 0.2) is 364 Å². The molecular weight excluding hydrogens is 1370 g/mol. The normalized spacial score (nSPS) is 10.5. The highest BCUT2D eigenvalue weighted by molar-refractivity contribution is 5.83. The van der Waals surface area contributed by atoms with Crippen molar-refractivity contribution in [2.45, 2.75) is 41.5 Å². The minimum Gasteiger partial charge on any atom is -0.0617 e. The van der Waals surface area contributed by atoms with E-state index < -0.39 is 0 Å². The molecule has 0 N–H and O–H groups in total. The minimum absolute atomic E-state index is 0.937. The molecule has 16 rings (SSSR count). The molecule has 0 heteroatoms. The van der Waals surface area contributed by atoms with Gasteiger partial charge in [-0.2, -0.15) is 0 Å². The van der Waals surface area contributed by atoms with Crippen LogP contribution in [0.25, 0.3) is 100 Å². The summed E-state index contributed by atoms with van der Waals surface area (Å²) in [4.78, 5) is 0. The Morgan fingerprint density at radius 1 is 0.0965 bits per heavy atom. The summed E-state index contributed by atoms with van der Waals surface area (Å²) in [5.74, 6) is 40.6. The Balaban J connectivity index is 0.590. The molecule has 114 heavy (non-hydrogen) atoms. The first-order chi connectivity index (χ1) is 55.8. The minimum atomic E-state index is 0.937. The van der Waals surface area contributed by atoms with Gasteiger partial charge >= 0.3 is 0 Å². The second-order valence-electron chi connectivity index (χ2n) is 29.4. The Hall–Kier alpha value is -15.1. The zero-order valence-corrected chi connectivity index (χ0v) is 64.6. The van der Waals surface area contributed by atoms with Gasteiger partial charge in [0.2, 0.25) is 0 Å². The molecule has 0 saturated heterocycles. The molecule has 16 aromatic carbocycles. The number of hydrogen-bond acceptors (Lipinski definition) is 0. The number of benzene rings is 16. The fourth-order valence-electron chi connectivity index (χ4n) is 14.4. The fraction of sp³-hybridized carbons (Fsp3) is 0.0526. The van der Waals surface area contributed by atoms with E-state index in [1.807, 2.05) is 0 Å². The third kappa shape index (κ3) is 18.6. The first-order valence-corrected chi connectivity index (χ1v) is 38.5. The van der Waals surface area contributed by atoms with Crippen LogP contribution in [0.4, 0.5) is 0 Å². The van der Waals surface area contributed by atoms with Crippen LogP contribution in [0.1, 0.15) is 100 Å². The van der Waals surface area contributed by atoms with Crippen molar-refractivity contribution in [2.75, 3.05) is 0 Å². The topological polar surface area (TPSA) is 0 Å². The molecule has 0 radical (unpaired) electrons.